The summed E-state index contributed by atoms with van der Waals surface area (Å²) in [6.45, 7) is 1.62. The first kappa shape index (κ1) is 13.6. The van der Waals surface area contributed by atoms with Crippen LogP contribution in [0.2, 0.25) is 0 Å². The van der Waals surface area contributed by atoms with Crippen molar-refractivity contribution in [2.24, 2.45) is 5.41 Å². The molecule has 1 atom stereocenters. The lowest BCUT2D eigenvalue weighted by Crippen LogP contribution is -2.20. The van der Waals surface area contributed by atoms with Crippen molar-refractivity contribution < 1.29 is 14.5 Å². The van der Waals surface area contributed by atoms with Crippen molar-refractivity contribution in [2.45, 2.75) is 24.3 Å². The number of halogens is 2. The van der Waals surface area contributed by atoms with Gasteiger partial charge in [-0.25, -0.2) is 0 Å². The smallest absolute Gasteiger partial charge is 0.324 e. The second-order valence-electron chi connectivity index (χ2n) is 4.34. The van der Waals surface area contributed by atoms with Crippen LogP contribution >= 0.6 is 34.5 Å². The molecule has 18 heavy (non-hydrogen) atoms. The highest BCUT2D eigenvalue weighted by atomic mass is 35.5. The molecule has 1 aromatic heterocycles. The molecular formula is C10H9Cl2NO4S. The van der Waals surface area contributed by atoms with Gasteiger partial charge in [0.2, 0.25) is 0 Å². The summed E-state index contributed by atoms with van der Waals surface area (Å²) in [5.41, 5.74) is -0.294. The van der Waals surface area contributed by atoms with Gasteiger partial charge in [0.25, 0.3) is 0 Å². The number of esters is 1. The fourth-order valence-corrected chi connectivity index (χ4v) is 2.87. The van der Waals surface area contributed by atoms with Crippen LogP contribution in [0, 0.1) is 15.5 Å². The lowest BCUT2D eigenvalue weighted by atomic mass is 10.1. The molecule has 1 unspecified atom stereocenters. The summed E-state index contributed by atoms with van der Waals surface area (Å²) in [5.74, 6) is -0.485. The molecule has 5 nitrogen and oxygen atoms in total. The molecule has 1 aliphatic carbocycles. The van der Waals surface area contributed by atoms with Crippen molar-refractivity contribution in [1.29, 1.82) is 0 Å². The molecule has 0 aliphatic heterocycles. The van der Waals surface area contributed by atoms with Crippen LogP contribution in [0.25, 0.3) is 0 Å². The molecule has 1 aliphatic rings. The SMILES string of the molecule is CC1(C(=O)OCc2csc([N+](=O)[O-])c2)CC1(Cl)Cl. The summed E-state index contributed by atoms with van der Waals surface area (Å²) in [6, 6.07) is 1.38. The standard InChI is InChI=1S/C10H9Cl2NO4S/c1-9(5-10(9,11)12)8(14)17-3-6-2-7(13(15)16)18-4-6/h2,4H,3,5H2,1H3. The minimum Gasteiger partial charge on any atom is -0.460 e. The highest BCUT2D eigenvalue weighted by Gasteiger charge is 2.69. The topological polar surface area (TPSA) is 69.4 Å². The van der Waals surface area contributed by atoms with Crippen molar-refractivity contribution in [1.82, 2.24) is 0 Å². The molecule has 0 saturated heterocycles. The average Bonchev–Trinajstić information content (AvgIpc) is 2.68. The van der Waals surface area contributed by atoms with Gasteiger partial charge < -0.3 is 4.74 Å². The van der Waals surface area contributed by atoms with E-state index in [2.05, 4.69) is 0 Å². The minimum absolute atomic E-state index is 0.0113. The number of thiophene rings is 1. The van der Waals surface area contributed by atoms with Crippen molar-refractivity contribution in [3.63, 3.8) is 0 Å². The van der Waals surface area contributed by atoms with Gasteiger partial charge in [0.05, 0.1) is 4.92 Å². The van der Waals surface area contributed by atoms with Gasteiger partial charge >= 0.3 is 11.0 Å². The van der Waals surface area contributed by atoms with E-state index in [1.54, 1.807) is 12.3 Å². The lowest BCUT2D eigenvalue weighted by Gasteiger charge is -2.10. The van der Waals surface area contributed by atoms with Crippen LogP contribution < -0.4 is 0 Å². The molecule has 98 valence electrons. The number of carbonyl (C=O) groups is 1. The Labute approximate surface area is 117 Å². The monoisotopic (exact) mass is 309 g/mol. The fraction of sp³-hybridized carbons (Fsp3) is 0.500. The summed E-state index contributed by atoms with van der Waals surface area (Å²) in [5, 5.41) is 12.1. The Morgan fingerprint density at radius 2 is 2.28 bits per heavy atom. The van der Waals surface area contributed by atoms with E-state index in [1.165, 1.54) is 6.07 Å². The molecule has 1 fully saturated rings. The molecule has 0 bridgehead atoms. The lowest BCUT2D eigenvalue weighted by molar-refractivity contribution is -0.380. The summed E-state index contributed by atoms with van der Waals surface area (Å²) in [6.07, 6.45) is 0.353. The largest absolute Gasteiger partial charge is 0.460 e. The second kappa shape index (κ2) is 4.36. The summed E-state index contributed by atoms with van der Waals surface area (Å²) in [4.78, 5) is 21.7. The van der Waals surface area contributed by atoms with Gasteiger partial charge in [-0.05, 0) is 6.92 Å². The third-order valence-electron chi connectivity index (χ3n) is 2.90. The maximum Gasteiger partial charge on any atom is 0.324 e. The van der Waals surface area contributed by atoms with Gasteiger partial charge in [-0.1, -0.05) is 11.3 Å². The average molecular weight is 310 g/mol. The molecule has 0 amide bonds. The van der Waals surface area contributed by atoms with E-state index >= 15 is 0 Å². The van der Waals surface area contributed by atoms with E-state index < -0.39 is 20.6 Å². The fourth-order valence-electron chi connectivity index (χ4n) is 1.46. The number of carbonyl (C=O) groups excluding carboxylic acids is 1. The van der Waals surface area contributed by atoms with Crippen LogP contribution in [0.1, 0.15) is 18.9 Å². The Balaban J connectivity index is 1.92. The minimum atomic E-state index is -1.06. The summed E-state index contributed by atoms with van der Waals surface area (Å²) >= 11 is 12.7. The quantitative estimate of drug-likeness (QED) is 0.370. The molecule has 2 rings (SSSR count). The van der Waals surface area contributed by atoms with Crippen LogP contribution in [0.4, 0.5) is 5.00 Å². The first-order valence-corrected chi connectivity index (χ1v) is 6.67. The van der Waals surface area contributed by atoms with Gasteiger partial charge in [-0.2, -0.15) is 0 Å². The van der Waals surface area contributed by atoms with E-state index in [4.69, 9.17) is 27.9 Å². The van der Waals surface area contributed by atoms with Gasteiger partial charge in [-0.15, -0.1) is 23.2 Å². The number of nitrogens with zero attached hydrogens (tertiary/aromatic N) is 1. The van der Waals surface area contributed by atoms with E-state index in [0.29, 0.717) is 12.0 Å². The molecule has 1 aromatic rings. The third-order valence-corrected chi connectivity index (χ3v) is 4.93. The Morgan fingerprint density at radius 3 is 2.72 bits per heavy atom. The number of rotatable bonds is 4. The van der Waals surface area contributed by atoms with Crippen molar-refractivity contribution in [3.8, 4) is 0 Å². The highest BCUT2D eigenvalue weighted by Crippen LogP contribution is 2.64. The number of hydrogen-bond acceptors (Lipinski definition) is 5. The molecule has 0 spiro atoms. The molecule has 0 aromatic carbocycles. The second-order valence-corrected chi connectivity index (χ2v) is 6.71. The van der Waals surface area contributed by atoms with Crippen molar-refractivity contribution >= 4 is 45.5 Å². The van der Waals surface area contributed by atoms with Crippen LogP contribution in [0.5, 0.6) is 0 Å². The van der Waals surface area contributed by atoms with E-state index in [-0.39, 0.29) is 11.6 Å². The van der Waals surface area contributed by atoms with E-state index in [9.17, 15) is 14.9 Å². The van der Waals surface area contributed by atoms with Crippen LogP contribution in [0.3, 0.4) is 0 Å². The Hall–Kier alpha value is -0.850. The Kier molecular flexibility index (Phi) is 3.29. The first-order chi connectivity index (χ1) is 8.26. The number of hydrogen-bond donors (Lipinski definition) is 0. The maximum absolute atomic E-state index is 11.7. The molecule has 1 saturated carbocycles. The van der Waals surface area contributed by atoms with Crippen molar-refractivity contribution in [2.75, 3.05) is 0 Å². The van der Waals surface area contributed by atoms with Gasteiger partial charge in [-0.3, -0.25) is 14.9 Å². The van der Waals surface area contributed by atoms with Crippen LogP contribution in [0.15, 0.2) is 11.4 Å². The molecule has 8 heteroatoms. The normalized spacial score (nSPS) is 24.6. The number of alkyl halides is 2. The van der Waals surface area contributed by atoms with Crippen LogP contribution in [-0.2, 0) is 16.1 Å². The van der Waals surface area contributed by atoms with Gasteiger partial charge in [0.1, 0.15) is 16.4 Å². The zero-order valence-electron chi connectivity index (χ0n) is 9.31. The van der Waals surface area contributed by atoms with E-state index in [1.807, 2.05) is 0 Å². The highest BCUT2D eigenvalue weighted by molar-refractivity contribution is 7.13. The molecular weight excluding hydrogens is 301 g/mol. The predicted octanol–water partition coefficient (Wildman–Crippen LogP) is 3.28. The number of nitro groups is 1. The first-order valence-electron chi connectivity index (χ1n) is 5.03. The third kappa shape index (κ3) is 2.32. The molecule has 0 N–H and O–H groups in total. The Bertz CT molecular complexity index is 516. The van der Waals surface area contributed by atoms with Crippen molar-refractivity contribution in [3.05, 3.63) is 27.1 Å². The Morgan fingerprint density at radius 1 is 1.67 bits per heavy atom. The van der Waals surface area contributed by atoms with Crippen LogP contribution in [-0.4, -0.2) is 15.2 Å². The van der Waals surface area contributed by atoms with E-state index in [0.717, 1.165) is 11.3 Å². The maximum atomic E-state index is 11.7. The zero-order chi connectivity index (χ0) is 13.6. The zero-order valence-corrected chi connectivity index (χ0v) is 11.6. The van der Waals surface area contributed by atoms with Gasteiger partial charge in [0, 0.05) is 23.4 Å². The van der Waals surface area contributed by atoms with Gasteiger partial charge in [0.15, 0.2) is 0 Å². The summed E-state index contributed by atoms with van der Waals surface area (Å²) in [7, 11) is 0. The predicted molar refractivity (Wildman–Crippen MR) is 67.9 cm³/mol. The molecule has 0 radical (unpaired) electrons. The molecule has 1 heterocycles. The number of ether oxygens (including phenoxy) is 1. The summed E-state index contributed by atoms with van der Waals surface area (Å²) < 4.78 is 4.00.